The molecule has 1 aromatic rings. The largest absolute Gasteiger partial charge is 0.488 e. The third kappa shape index (κ3) is 3.41. The summed E-state index contributed by atoms with van der Waals surface area (Å²) < 4.78 is 0. The molecule has 1 fully saturated rings. The topological polar surface area (TPSA) is 60.8 Å². The minimum absolute atomic E-state index is 0.00523. The fourth-order valence-corrected chi connectivity index (χ4v) is 2.90. The SMILES string of the molecule is CCC[C@@H]1CCCCN1C(=O)c1cccc(B(O)O)c1. The summed E-state index contributed by atoms with van der Waals surface area (Å²) in [6, 6.07) is 6.95. The average Bonchev–Trinajstić information content (AvgIpc) is 2.47. The zero-order valence-electron chi connectivity index (χ0n) is 12.0. The summed E-state index contributed by atoms with van der Waals surface area (Å²) >= 11 is 0. The van der Waals surface area contributed by atoms with E-state index in [1.165, 1.54) is 6.42 Å². The molecule has 1 aliphatic rings. The van der Waals surface area contributed by atoms with E-state index in [0.717, 1.165) is 32.2 Å². The fraction of sp³-hybridized carbons (Fsp3) is 0.533. The molecule has 0 aliphatic carbocycles. The molecule has 0 aromatic heterocycles. The van der Waals surface area contributed by atoms with Crippen LogP contribution in [0.5, 0.6) is 0 Å². The maximum absolute atomic E-state index is 12.6. The lowest BCUT2D eigenvalue weighted by molar-refractivity contribution is 0.0601. The Morgan fingerprint density at radius 3 is 2.90 bits per heavy atom. The van der Waals surface area contributed by atoms with Gasteiger partial charge in [-0.1, -0.05) is 25.5 Å². The Kier molecular flexibility index (Phi) is 5.20. The van der Waals surface area contributed by atoms with E-state index >= 15 is 0 Å². The number of piperidine rings is 1. The molecule has 2 rings (SSSR count). The molecule has 1 aromatic carbocycles. The monoisotopic (exact) mass is 275 g/mol. The van der Waals surface area contributed by atoms with Crippen LogP contribution in [-0.4, -0.2) is 40.6 Å². The van der Waals surface area contributed by atoms with Gasteiger partial charge in [-0.15, -0.1) is 0 Å². The minimum atomic E-state index is -1.53. The molecule has 0 unspecified atom stereocenters. The minimum Gasteiger partial charge on any atom is -0.423 e. The highest BCUT2D eigenvalue weighted by Crippen LogP contribution is 2.22. The molecule has 0 saturated carbocycles. The zero-order chi connectivity index (χ0) is 14.5. The van der Waals surface area contributed by atoms with Gasteiger partial charge in [-0.2, -0.15) is 0 Å². The molecule has 1 saturated heterocycles. The van der Waals surface area contributed by atoms with Crippen molar-refractivity contribution in [2.75, 3.05) is 6.54 Å². The second kappa shape index (κ2) is 6.91. The van der Waals surface area contributed by atoms with Crippen LogP contribution in [0.1, 0.15) is 49.4 Å². The van der Waals surface area contributed by atoms with Crippen molar-refractivity contribution in [1.29, 1.82) is 0 Å². The molecular weight excluding hydrogens is 253 g/mol. The number of carbonyl (C=O) groups is 1. The standard InChI is InChI=1S/C15H22BNO3/c1-2-6-14-9-3-4-10-17(14)15(18)12-7-5-8-13(11-12)16(19)20/h5,7-8,11,14,19-20H,2-4,6,9-10H2,1H3/t14-/m1/s1. The Morgan fingerprint density at radius 1 is 1.40 bits per heavy atom. The van der Waals surface area contributed by atoms with Crippen LogP contribution in [0.2, 0.25) is 0 Å². The first-order valence-electron chi connectivity index (χ1n) is 7.40. The van der Waals surface area contributed by atoms with Crippen LogP contribution in [0.3, 0.4) is 0 Å². The van der Waals surface area contributed by atoms with Crippen LogP contribution >= 0.6 is 0 Å². The summed E-state index contributed by atoms with van der Waals surface area (Å²) in [6.45, 7) is 2.94. The summed E-state index contributed by atoms with van der Waals surface area (Å²) in [5.74, 6) is 0.00523. The van der Waals surface area contributed by atoms with Gasteiger partial charge >= 0.3 is 7.12 Å². The summed E-state index contributed by atoms with van der Waals surface area (Å²) in [6.07, 6.45) is 5.41. The van der Waals surface area contributed by atoms with Crippen molar-refractivity contribution in [2.24, 2.45) is 0 Å². The van der Waals surface area contributed by atoms with Gasteiger partial charge in [0, 0.05) is 18.2 Å². The molecule has 1 atom stereocenters. The number of likely N-dealkylation sites (tertiary alicyclic amines) is 1. The number of rotatable bonds is 4. The van der Waals surface area contributed by atoms with Gasteiger partial charge in [-0.05, 0) is 43.3 Å². The first-order valence-corrected chi connectivity index (χ1v) is 7.40. The van der Waals surface area contributed by atoms with Crippen LogP contribution < -0.4 is 5.46 Å². The van der Waals surface area contributed by atoms with Gasteiger partial charge in [0.15, 0.2) is 0 Å². The lowest BCUT2D eigenvalue weighted by Gasteiger charge is -2.36. The summed E-state index contributed by atoms with van der Waals surface area (Å²) in [4.78, 5) is 14.6. The van der Waals surface area contributed by atoms with Gasteiger partial charge in [0.25, 0.3) is 5.91 Å². The molecule has 5 heteroatoms. The number of amides is 1. The van der Waals surface area contributed by atoms with E-state index in [1.54, 1.807) is 24.3 Å². The van der Waals surface area contributed by atoms with E-state index in [9.17, 15) is 14.8 Å². The lowest BCUT2D eigenvalue weighted by atomic mass is 9.79. The van der Waals surface area contributed by atoms with E-state index in [1.807, 2.05) is 4.90 Å². The van der Waals surface area contributed by atoms with Crippen molar-refractivity contribution < 1.29 is 14.8 Å². The molecule has 0 spiro atoms. The van der Waals surface area contributed by atoms with Crippen LogP contribution in [-0.2, 0) is 0 Å². The van der Waals surface area contributed by atoms with Crippen LogP contribution in [0.4, 0.5) is 0 Å². The third-order valence-corrected chi connectivity index (χ3v) is 3.94. The van der Waals surface area contributed by atoms with Gasteiger partial charge in [0.2, 0.25) is 0 Å². The van der Waals surface area contributed by atoms with Gasteiger partial charge in [-0.3, -0.25) is 4.79 Å². The maximum atomic E-state index is 12.6. The van der Waals surface area contributed by atoms with E-state index in [0.29, 0.717) is 17.1 Å². The first-order chi connectivity index (χ1) is 9.63. The summed E-state index contributed by atoms with van der Waals surface area (Å²) in [5.41, 5.74) is 0.901. The van der Waals surface area contributed by atoms with Gasteiger partial charge < -0.3 is 14.9 Å². The van der Waals surface area contributed by atoms with E-state index < -0.39 is 7.12 Å². The van der Waals surface area contributed by atoms with E-state index in [-0.39, 0.29) is 5.91 Å². The van der Waals surface area contributed by atoms with Gasteiger partial charge in [0.05, 0.1) is 0 Å². The van der Waals surface area contributed by atoms with E-state index in [4.69, 9.17) is 0 Å². The molecular formula is C15H22BNO3. The zero-order valence-corrected chi connectivity index (χ0v) is 12.0. The normalized spacial score (nSPS) is 18.9. The number of hydrogen-bond donors (Lipinski definition) is 2. The van der Waals surface area contributed by atoms with Gasteiger partial charge in [0.1, 0.15) is 0 Å². The third-order valence-electron chi connectivity index (χ3n) is 3.94. The maximum Gasteiger partial charge on any atom is 0.488 e. The number of benzene rings is 1. The van der Waals surface area contributed by atoms with Gasteiger partial charge in [-0.25, -0.2) is 0 Å². The predicted molar refractivity (Wildman–Crippen MR) is 79.9 cm³/mol. The molecule has 1 amide bonds. The highest BCUT2D eigenvalue weighted by atomic mass is 16.4. The molecule has 0 bridgehead atoms. The van der Waals surface area contributed by atoms with E-state index in [2.05, 4.69) is 6.92 Å². The summed E-state index contributed by atoms with van der Waals surface area (Å²) in [7, 11) is -1.53. The number of hydrogen-bond acceptors (Lipinski definition) is 3. The highest BCUT2D eigenvalue weighted by molar-refractivity contribution is 6.58. The van der Waals surface area contributed by atoms with Crippen LogP contribution in [0.25, 0.3) is 0 Å². The molecule has 0 radical (unpaired) electrons. The Balaban J connectivity index is 2.18. The number of nitrogens with zero attached hydrogens (tertiary/aromatic N) is 1. The Hall–Kier alpha value is -1.33. The molecule has 1 aliphatic heterocycles. The van der Waals surface area contributed by atoms with Crippen LogP contribution in [0, 0.1) is 0 Å². The molecule has 2 N–H and O–H groups in total. The Morgan fingerprint density at radius 2 is 2.20 bits per heavy atom. The van der Waals surface area contributed by atoms with Crippen molar-refractivity contribution in [3.05, 3.63) is 29.8 Å². The Labute approximate surface area is 120 Å². The predicted octanol–water partition coefficient (Wildman–Crippen LogP) is 1.16. The average molecular weight is 275 g/mol. The van der Waals surface area contributed by atoms with Crippen molar-refractivity contribution in [1.82, 2.24) is 4.90 Å². The molecule has 20 heavy (non-hydrogen) atoms. The second-order valence-electron chi connectivity index (χ2n) is 5.44. The quantitative estimate of drug-likeness (QED) is 0.811. The molecule has 4 nitrogen and oxygen atoms in total. The number of carbonyl (C=O) groups excluding carboxylic acids is 1. The Bertz CT molecular complexity index is 462. The summed E-state index contributed by atoms with van der Waals surface area (Å²) in [5, 5.41) is 18.4. The van der Waals surface area contributed by atoms with Crippen molar-refractivity contribution >= 4 is 18.5 Å². The fourth-order valence-electron chi connectivity index (χ4n) is 2.90. The highest BCUT2D eigenvalue weighted by Gasteiger charge is 2.27. The smallest absolute Gasteiger partial charge is 0.423 e. The molecule has 1 heterocycles. The second-order valence-corrected chi connectivity index (χ2v) is 5.44. The van der Waals surface area contributed by atoms with Crippen molar-refractivity contribution in [2.45, 2.75) is 45.1 Å². The first kappa shape index (κ1) is 15.1. The molecule has 108 valence electrons. The van der Waals surface area contributed by atoms with Crippen LogP contribution in [0.15, 0.2) is 24.3 Å². The van der Waals surface area contributed by atoms with Crippen molar-refractivity contribution in [3.8, 4) is 0 Å². The van der Waals surface area contributed by atoms with Crippen molar-refractivity contribution in [3.63, 3.8) is 0 Å². The lowest BCUT2D eigenvalue weighted by Crippen LogP contribution is -2.44.